The lowest BCUT2D eigenvalue weighted by molar-refractivity contribution is 0.0981. The fourth-order valence-corrected chi connectivity index (χ4v) is 14.6. The highest BCUT2D eigenvalue weighted by Crippen LogP contribution is 2.55. The molecule has 3 aliphatic carbocycles. The average molecular weight is 1160 g/mol. The second-order valence-electron chi connectivity index (χ2n) is 23.7. The Morgan fingerprint density at radius 1 is 0.379 bits per heavy atom. The second kappa shape index (κ2) is 19.7. The molecule has 87 heavy (non-hydrogen) atoms. The number of aryl methyl sites for hydroxylation is 3. The van der Waals surface area contributed by atoms with Gasteiger partial charge in [0.05, 0.1) is 34.2 Å². The van der Waals surface area contributed by atoms with Gasteiger partial charge in [0.15, 0.2) is 16.9 Å². The number of aromatic nitrogens is 18. The van der Waals surface area contributed by atoms with E-state index in [-0.39, 0.29) is 17.5 Å². The topological polar surface area (TPSA) is 312 Å². The lowest BCUT2D eigenvalue weighted by atomic mass is 10.1. The van der Waals surface area contributed by atoms with Crippen LogP contribution >= 0.6 is 0 Å². The van der Waals surface area contributed by atoms with Gasteiger partial charge in [0.2, 0.25) is 17.5 Å². The minimum atomic E-state index is -0.604. The van der Waals surface area contributed by atoms with Crippen molar-refractivity contribution in [2.45, 2.75) is 114 Å². The monoisotopic (exact) mass is 1160 g/mol. The molecule has 15 heterocycles. The van der Waals surface area contributed by atoms with Gasteiger partial charge in [-0.2, -0.15) is 0 Å². The van der Waals surface area contributed by atoms with Crippen LogP contribution in [0.3, 0.4) is 0 Å². The van der Waals surface area contributed by atoms with Crippen LogP contribution in [0.4, 0.5) is 0 Å². The van der Waals surface area contributed by atoms with E-state index >= 15 is 0 Å². The lowest BCUT2D eigenvalue weighted by Crippen LogP contribution is -2.15. The molecule has 3 fully saturated rings. The molecule has 6 bridgehead atoms. The smallest absolute Gasteiger partial charge is 0.287 e. The van der Waals surface area contributed by atoms with Gasteiger partial charge < -0.3 is 30.9 Å². The summed E-state index contributed by atoms with van der Waals surface area (Å²) in [6.07, 6.45) is 16.2. The molecule has 3 aliphatic heterocycles. The molecule has 3 saturated carbocycles. The van der Waals surface area contributed by atoms with E-state index in [0.717, 1.165) is 122 Å². The maximum Gasteiger partial charge on any atom is 0.287 e. The Morgan fingerprint density at radius 3 is 0.954 bits per heavy atom. The Morgan fingerprint density at radius 2 is 0.678 bits per heavy atom. The predicted octanol–water partition coefficient (Wildman–Crippen LogP) is 8.65. The van der Waals surface area contributed by atoms with Crippen molar-refractivity contribution in [3.63, 3.8) is 0 Å². The standard InChI is InChI=1S/3C21H19N7O/c3*1-11-3-2-4-15(23-11)17-18(28-14-7-5-12(9-14)20(28)24-17)13-6-8-16-25-26-21(19(22)29)27(16)10-13/h3*2-4,6,8,10,12,14H,5,7,9H2,1H3,(H2,22,29)/t2*12-,14+;/m10./s1. The Bertz CT molecular complexity index is 4390. The van der Waals surface area contributed by atoms with Crippen LogP contribution in [0.1, 0.15) is 160 Å². The molecule has 12 aromatic rings. The molecule has 6 N–H and O–H groups in total. The lowest BCUT2D eigenvalue weighted by Gasteiger charge is -2.17. The predicted molar refractivity (Wildman–Crippen MR) is 319 cm³/mol. The number of hydrogen-bond donors (Lipinski definition) is 3. The van der Waals surface area contributed by atoms with Gasteiger partial charge >= 0.3 is 0 Å². The van der Waals surface area contributed by atoms with Gasteiger partial charge in [0, 0.05) is 88.2 Å². The summed E-state index contributed by atoms with van der Waals surface area (Å²) in [7, 11) is 0. The van der Waals surface area contributed by atoms with E-state index in [2.05, 4.69) is 44.3 Å². The van der Waals surface area contributed by atoms with Crippen molar-refractivity contribution in [2.24, 2.45) is 17.2 Å². The highest BCUT2D eigenvalue weighted by atomic mass is 16.2. The molecule has 6 aliphatic rings. The van der Waals surface area contributed by atoms with Gasteiger partial charge in [-0.05, 0) is 151 Å². The number of nitrogens with two attached hydrogens (primary N) is 3. The minimum Gasteiger partial charge on any atom is -0.363 e. The van der Waals surface area contributed by atoms with Crippen molar-refractivity contribution in [3.05, 3.63) is 162 Å². The van der Waals surface area contributed by atoms with E-state index in [0.29, 0.717) is 52.8 Å². The molecule has 2 unspecified atom stereocenters. The number of pyridine rings is 6. The number of nitrogens with zero attached hydrogens (tertiary/aromatic N) is 18. The first-order valence-electron chi connectivity index (χ1n) is 29.4. The van der Waals surface area contributed by atoms with E-state index in [9.17, 15) is 14.4 Å². The third-order valence-electron chi connectivity index (χ3n) is 18.3. The molecule has 0 spiro atoms. The van der Waals surface area contributed by atoms with Crippen LogP contribution in [0.5, 0.6) is 0 Å². The summed E-state index contributed by atoms with van der Waals surface area (Å²) in [5, 5.41) is 23.9. The van der Waals surface area contributed by atoms with Gasteiger partial charge in [-0.25, -0.2) is 15.0 Å². The molecular weight excluding hydrogens is 1100 g/mol. The fraction of sp³-hybridized carbons (Fsp3) is 0.286. The molecule has 18 rings (SSSR count). The molecule has 3 amide bonds. The Kier molecular flexibility index (Phi) is 11.8. The number of fused-ring (bicyclic) bond motifs is 18. The summed E-state index contributed by atoms with van der Waals surface area (Å²) in [5.74, 6) is 3.54. The van der Waals surface area contributed by atoms with Gasteiger partial charge in [0.25, 0.3) is 17.7 Å². The van der Waals surface area contributed by atoms with Crippen molar-refractivity contribution in [1.82, 2.24) is 87.4 Å². The van der Waals surface area contributed by atoms with Gasteiger partial charge in [-0.1, -0.05) is 18.2 Å². The molecular formula is C63H57N21O3. The Balaban J connectivity index is 0.000000106. The number of carbonyl (C=O) groups excluding carboxylic acids is 3. The van der Waals surface area contributed by atoms with Crippen LogP contribution in [-0.4, -0.2) is 105 Å². The van der Waals surface area contributed by atoms with Crippen molar-refractivity contribution in [3.8, 4) is 67.9 Å². The summed E-state index contributed by atoms with van der Waals surface area (Å²) >= 11 is 0. The molecule has 6 atom stereocenters. The van der Waals surface area contributed by atoms with Crippen LogP contribution in [0, 0.1) is 20.8 Å². The van der Waals surface area contributed by atoms with Crippen LogP contribution in [0.15, 0.2) is 110 Å². The fourth-order valence-electron chi connectivity index (χ4n) is 14.6. The summed E-state index contributed by atoms with van der Waals surface area (Å²) < 4.78 is 12.1. The summed E-state index contributed by atoms with van der Waals surface area (Å²) in [6.45, 7) is 5.96. The van der Waals surface area contributed by atoms with Gasteiger partial charge in [0.1, 0.15) is 34.6 Å². The highest BCUT2D eigenvalue weighted by Gasteiger charge is 2.44. The molecule has 0 saturated heterocycles. The van der Waals surface area contributed by atoms with Crippen molar-refractivity contribution in [1.29, 1.82) is 0 Å². The van der Waals surface area contributed by atoms with E-state index in [4.69, 9.17) is 47.1 Å². The number of primary amides is 3. The largest absolute Gasteiger partial charge is 0.363 e. The van der Waals surface area contributed by atoms with E-state index in [1.54, 1.807) is 13.2 Å². The summed E-state index contributed by atoms with van der Waals surface area (Å²) in [6, 6.07) is 31.0. The normalized spacial score (nSPS) is 19.8. The Labute approximate surface area is 495 Å². The van der Waals surface area contributed by atoms with Gasteiger partial charge in [-0.3, -0.25) is 42.5 Å². The third kappa shape index (κ3) is 8.35. The average Bonchev–Trinajstić information content (AvgIpc) is 1.64. The van der Waals surface area contributed by atoms with Crippen molar-refractivity contribution < 1.29 is 14.4 Å². The first kappa shape index (κ1) is 51.9. The second-order valence-corrected chi connectivity index (χ2v) is 23.7. The maximum absolute atomic E-state index is 11.8. The number of carbonyl (C=O) groups is 3. The van der Waals surface area contributed by atoms with E-state index < -0.39 is 17.7 Å². The molecule has 432 valence electrons. The number of amides is 3. The number of rotatable bonds is 9. The number of imidazole rings is 3. The zero-order chi connectivity index (χ0) is 59.1. The zero-order valence-corrected chi connectivity index (χ0v) is 47.7. The first-order valence-corrected chi connectivity index (χ1v) is 29.4. The quantitative estimate of drug-likeness (QED) is 0.122. The van der Waals surface area contributed by atoms with E-state index in [1.807, 2.05) is 130 Å². The van der Waals surface area contributed by atoms with Crippen LogP contribution in [0.25, 0.3) is 84.9 Å². The Hall–Kier alpha value is -10.7. The minimum absolute atomic E-state index is 0.125. The molecule has 12 aromatic heterocycles. The maximum atomic E-state index is 11.8. The van der Waals surface area contributed by atoms with Crippen LogP contribution in [-0.2, 0) is 0 Å². The number of hydrogen-bond acceptors (Lipinski definition) is 15. The zero-order valence-electron chi connectivity index (χ0n) is 47.7. The van der Waals surface area contributed by atoms with Crippen LogP contribution in [0.2, 0.25) is 0 Å². The van der Waals surface area contributed by atoms with Crippen molar-refractivity contribution in [2.75, 3.05) is 0 Å². The highest BCUT2D eigenvalue weighted by molar-refractivity contribution is 5.92. The van der Waals surface area contributed by atoms with Crippen LogP contribution < -0.4 is 17.2 Å². The third-order valence-corrected chi connectivity index (χ3v) is 18.3. The summed E-state index contributed by atoms with van der Waals surface area (Å²) in [5.41, 5.74) is 32.2. The molecule has 0 radical (unpaired) electrons. The molecule has 0 aromatic carbocycles. The first-order chi connectivity index (χ1) is 42.3. The van der Waals surface area contributed by atoms with E-state index in [1.165, 1.54) is 38.5 Å². The van der Waals surface area contributed by atoms with Crippen molar-refractivity contribution >= 4 is 34.7 Å². The molecule has 24 heteroatoms. The molecule has 24 nitrogen and oxygen atoms in total. The summed E-state index contributed by atoms with van der Waals surface area (Å²) in [4.78, 5) is 64.6. The van der Waals surface area contributed by atoms with Gasteiger partial charge in [-0.15, -0.1) is 30.6 Å². The SMILES string of the molecule is Cc1cccc(-c2nc3n(c2-c2ccc4nnc(C(N)=O)n4c2)C2CCC3C2)n1.Cc1cccc(-c2nc3n(c2-c2ccc4nnc(C(N)=O)n4c2)[C@@H]2CC[C@H]3C2)n1.Cc1cccc(-c2nc3n(c2-c2ccc4nnc(C(N)=O)n4c2)[C@H]2CC[C@@H]3C2)n1.